The maximum absolute atomic E-state index is 6.91. The quantitative estimate of drug-likeness (QED) is 0.275. The zero-order valence-corrected chi connectivity index (χ0v) is 44.1. The van der Waals surface area contributed by atoms with Gasteiger partial charge in [-0.05, 0) is 238 Å². The average molecular weight is 879 g/mol. The van der Waals surface area contributed by atoms with Gasteiger partial charge in [-0.25, -0.2) is 0 Å². The minimum atomic E-state index is 0.207. The SMILES string of the molecule is CC1(C)CC[C@]23CC[C@]4(C)[C@H](CC[C@@H]5[C@@]6(C)CC=C(SC7=CC[C@]8(C)[C@H]9CC[C@@H]%10[C@@H]%11[C@H]%12OC[C@@]%11(CCC%12(C)C)CC[C@@]%10(C)[C@]9(C)CC[C@H]8C7(C)C)C(C)(C)[C@@H]6CC[C@]54C)[C@@H]2[C@H]1OC3. The van der Waals surface area contributed by atoms with E-state index in [1.165, 1.54) is 116 Å². The highest BCUT2D eigenvalue weighted by Crippen LogP contribution is 2.81. The fourth-order valence-corrected chi connectivity index (χ4v) is 25.0. The van der Waals surface area contributed by atoms with Crippen LogP contribution >= 0.6 is 11.8 Å². The zero-order chi connectivity index (χ0) is 44.6. The Balaban J connectivity index is 0.806. The number of rotatable bonds is 2. The van der Waals surface area contributed by atoms with Crippen molar-refractivity contribution in [3.05, 3.63) is 22.0 Å². The molecule has 0 spiro atoms. The fourth-order valence-electron chi connectivity index (χ4n) is 23.6. The van der Waals surface area contributed by atoms with E-state index in [2.05, 4.69) is 121 Å². The lowest BCUT2D eigenvalue weighted by atomic mass is 9.32. The Kier molecular flexibility index (Phi) is 9.03. The molecule has 63 heavy (non-hydrogen) atoms. The second-order valence-electron chi connectivity index (χ2n) is 30.6. The van der Waals surface area contributed by atoms with Gasteiger partial charge in [-0.15, -0.1) is 0 Å². The zero-order valence-electron chi connectivity index (χ0n) is 43.3. The molecular weight excluding hydrogens is 785 g/mol. The molecule has 0 aromatic carbocycles. The normalized spacial score (nSPS) is 58.5. The average Bonchev–Trinajstić information content (AvgIpc) is 3.72. The second kappa shape index (κ2) is 12.9. The summed E-state index contributed by atoms with van der Waals surface area (Å²) in [4.78, 5) is 3.46. The van der Waals surface area contributed by atoms with Crippen molar-refractivity contribution in [1.82, 2.24) is 0 Å². The third-order valence-corrected chi connectivity index (χ3v) is 29.3. The monoisotopic (exact) mass is 879 g/mol. The Labute approximate surface area is 391 Å². The van der Waals surface area contributed by atoms with E-state index in [4.69, 9.17) is 9.47 Å². The van der Waals surface area contributed by atoms with Crippen LogP contribution in [0.4, 0.5) is 0 Å². The van der Waals surface area contributed by atoms with Gasteiger partial charge >= 0.3 is 0 Å². The van der Waals surface area contributed by atoms with Gasteiger partial charge in [0.15, 0.2) is 0 Å². The number of fused-ring (bicyclic) bond motifs is 10. The summed E-state index contributed by atoms with van der Waals surface area (Å²) in [6.07, 6.45) is 32.0. The molecule has 18 atom stereocenters. The topological polar surface area (TPSA) is 18.5 Å². The van der Waals surface area contributed by atoms with Crippen molar-refractivity contribution in [2.24, 2.45) is 112 Å². The standard InChI is InChI=1S/C60H94O2S/c1-49(2)27-31-59-33-29-55(11)37(45(59)47(49)61-35-59)15-17-41-53(9)23-21-43(51(5,6)39(53)19-25-57(41,55)13)63-44-22-24-54(10)40(52(44,7)8)20-26-58(14)42(54)18-16-38-46-48-50(3,4)28-32-60(46,36-62-48)34-30-56(38,58)12/h21-22,37-42,45-48H,15-20,23-36H2,1-14H3/t37-,38-,39+,40+,41-,42-,45-,46-,47-,48-,53+,54+,55-,56-,57-,58-,59-,60-/m1/s1. The molecule has 2 saturated heterocycles. The molecule has 8 saturated carbocycles. The Morgan fingerprint density at radius 3 is 1.19 bits per heavy atom. The summed E-state index contributed by atoms with van der Waals surface area (Å²) >= 11 is 2.29. The molecule has 0 amide bonds. The Hall–Kier alpha value is -0.250. The van der Waals surface area contributed by atoms with E-state index in [0.717, 1.165) is 60.6 Å². The van der Waals surface area contributed by atoms with E-state index < -0.39 is 0 Å². The van der Waals surface area contributed by atoms with Crippen LogP contribution in [0.25, 0.3) is 0 Å². The smallest absolute Gasteiger partial charge is 0.0663 e. The number of hydrogen-bond acceptors (Lipinski definition) is 3. The summed E-state index contributed by atoms with van der Waals surface area (Å²) in [5, 5.41) is 0. The summed E-state index contributed by atoms with van der Waals surface area (Å²) in [7, 11) is 0. The fraction of sp³-hybridized carbons (Fsp3) is 0.933. The second-order valence-corrected chi connectivity index (χ2v) is 31.7. The molecule has 10 aliphatic carbocycles. The molecule has 4 bridgehead atoms. The minimum Gasteiger partial charge on any atom is -0.377 e. The summed E-state index contributed by atoms with van der Waals surface area (Å²) in [6, 6.07) is 0. The van der Waals surface area contributed by atoms with Crippen LogP contribution in [0, 0.1) is 112 Å². The van der Waals surface area contributed by atoms with Crippen LogP contribution in [0.1, 0.15) is 213 Å². The molecule has 0 radical (unpaired) electrons. The molecule has 0 N–H and O–H groups in total. The van der Waals surface area contributed by atoms with Gasteiger partial charge in [0.05, 0.1) is 25.4 Å². The van der Waals surface area contributed by atoms with E-state index in [-0.39, 0.29) is 10.8 Å². The largest absolute Gasteiger partial charge is 0.377 e. The lowest BCUT2D eigenvalue weighted by Gasteiger charge is -2.73. The van der Waals surface area contributed by atoms with Gasteiger partial charge in [0, 0.05) is 0 Å². The van der Waals surface area contributed by atoms with Crippen LogP contribution in [0.5, 0.6) is 0 Å². The third-order valence-electron chi connectivity index (χ3n) is 27.5. The van der Waals surface area contributed by atoms with Crippen molar-refractivity contribution >= 4 is 11.8 Å². The predicted molar refractivity (Wildman–Crippen MR) is 263 cm³/mol. The summed E-state index contributed by atoms with van der Waals surface area (Å²) in [6.45, 7) is 40.1. The van der Waals surface area contributed by atoms with Crippen LogP contribution in [-0.2, 0) is 9.47 Å². The molecule has 352 valence electrons. The predicted octanol–water partition coefficient (Wildman–Crippen LogP) is 16.5. The first-order valence-electron chi connectivity index (χ1n) is 27.6. The summed E-state index contributed by atoms with van der Waals surface area (Å²) in [5.74, 6) is 6.39. The first-order chi connectivity index (χ1) is 29.3. The number of ether oxygens (including phenoxy) is 2. The Morgan fingerprint density at radius 1 is 0.413 bits per heavy atom. The molecule has 2 aliphatic heterocycles. The molecule has 12 rings (SSSR count). The van der Waals surface area contributed by atoms with E-state index >= 15 is 0 Å². The van der Waals surface area contributed by atoms with Crippen LogP contribution in [-0.4, -0.2) is 25.4 Å². The van der Waals surface area contributed by atoms with Gasteiger partial charge in [0.2, 0.25) is 0 Å². The lowest BCUT2D eigenvalue weighted by Crippen LogP contribution is -2.67. The van der Waals surface area contributed by atoms with E-state index in [1.54, 1.807) is 9.81 Å². The molecule has 0 unspecified atom stereocenters. The van der Waals surface area contributed by atoms with Gasteiger partial charge in [-0.2, -0.15) is 0 Å². The Bertz CT molecular complexity index is 1870. The van der Waals surface area contributed by atoms with Crippen molar-refractivity contribution < 1.29 is 9.47 Å². The van der Waals surface area contributed by atoms with Gasteiger partial charge in [-0.3, -0.25) is 0 Å². The number of thioether (sulfide) groups is 1. The van der Waals surface area contributed by atoms with Crippen molar-refractivity contribution in [3.8, 4) is 0 Å². The highest BCUT2D eigenvalue weighted by Gasteiger charge is 2.75. The van der Waals surface area contributed by atoms with Crippen LogP contribution in [0.2, 0.25) is 0 Å². The maximum atomic E-state index is 6.91. The Morgan fingerprint density at radius 2 is 0.794 bits per heavy atom. The highest BCUT2D eigenvalue weighted by molar-refractivity contribution is 8.06. The van der Waals surface area contributed by atoms with Gasteiger partial charge in [0.1, 0.15) is 0 Å². The lowest BCUT2D eigenvalue weighted by molar-refractivity contribution is -0.234. The number of hydrogen-bond donors (Lipinski definition) is 0. The van der Waals surface area contributed by atoms with Gasteiger partial charge < -0.3 is 9.47 Å². The molecule has 2 heterocycles. The van der Waals surface area contributed by atoms with E-state index in [0.29, 0.717) is 66.4 Å². The van der Waals surface area contributed by atoms with E-state index in [9.17, 15) is 0 Å². The number of allylic oxidation sites excluding steroid dienone is 4. The van der Waals surface area contributed by atoms with Crippen molar-refractivity contribution in [3.63, 3.8) is 0 Å². The first kappa shape index (κ1) is 44.0. The van der Waals surface area contributed by atoms with Crippen molar-refractivity contribution in [1.29, 1.82) is 0 Å². The summed E-state index contributed by atoms with van der Waals surface area (Å²) < 4.78 is 13.8. The van der Waals surface area contributed by atoms with E-state index in [1.807, 2.05) is 0 Å². The molecule has 12 aliphatic rings. The van der Waals surface area contributed by atoms with Gasteiger partial charge in [0.25, 0.3) is 0 Å². The minimum absolute atomic E-state index is 0.207. The molecule has 2 nitrogen and oxygen atoms in total. The molecule has 0 aromatic rings. The summed E-state index contributed by atoms with van der Waals surface area (Å²) in [5.41, 5.74) is 4.47. The van der Waals surface area contributed by atoms with Crippen molar-refractivity contribution in [2.75, 3.05) is 13.2 Å². The van der Waals surface area contributed by atoms with Crippen molar-refractivity contribution in [2.45, 2.75) is 225 Å². The van der Waals surface area contributed by atoms with Crippen LogP contribution < -0.4 is 0 Å². The van der Waals surface area contributed by atoms with Gasteiger partial charge in [-0.1, -0.05) is 121 Å². The first-order valence-corrected chi connectivity index (χ1v) is 28.4. The van der Waals surface area contributed by atoms with Crippen LogP contribution in [0.3, 0.4) is 0 Å². The molecule has 3 heteroatoms. The molecular formula is C60H94O2S. The third kappa shape index (κ3) is 5.11. The maximum Gasteiger partial charge on any atom is 0.0663 e. The highest BCUT2D eigenvalue weighted by atomic mass is 32.2. The molecule has 10 fully saturated rings. The molecule has 0 aromatic heterocycles. The van der Waals surface area contributed by atoms with Crippen LogP contribution in [0.15, 0.2) is 22.0 Å².